The van der Waals surface area contributed by atoms with Gasteiger partial charge in [0.15, 0.2) is 0 Å². The smallest absolute Gasteiger partial charge is 0.133 e. The van der Waals surface area contributed by atoms with E-state index in [1.165, 1.54) is 0 Å². The molecule has 1 heteroatoms. The topological polar surface area (TPSA) is 17.1 Å². The number of carbonyl (C=O) groups is 1. The van der Waals surface area contributed by atoms with Gasteiger partial charge < -0.3 is 0 Å². The van der Waals surface area contributed by atoms with Crippen LogP contribution < -0.4 is 0 Å². The molecule has 0 heterocycles. The maximum Gasteiger partial charge on any atom is 0.133 e. The van der Waals surface area contributed by atoms with Gasteiger partial charge in [-0.05, 0) is 30.1 Å². The highest BCUT2D eigenvalue weighted by atomic mass is 16.1. The van der Waals surface area contributed by atoms with Gasteiger partial charge in [-0.15, -0.1) is 0 Å². The van der Waals surface area contributed by atoms with Crippen molar-refractivity contribution in [3.8, 4) is 0 Å². The van der Waals surface area contributed by atoms with Crippen LogP contribution in [0, 0.1) is 17.3 Å². The van der Waals surface area contributed by atoms with Crippen LogP contribution in [0.3, 0.4) is 0 Å². The van der Waals surface area contributed by atoms with Crippen LogP contribution in [0.1, 0.15) is 67.2 Å². The predicted octanol–water partition coefficient (Wildman–Crippen LogP) is 4.45. The van der Waals surface area contributed by atoms with Crippen LogP contribution in [0.4, 0.5) is 0 Å². The van der Waals surface area contributed by atoms with Crippen LogP contribution in [-0.2, 0) is 4.79 Å². The maximum atomic E-state index is 11.6. The average Bonchev–Trinajstić information content (AvgIpc) is 1.96. The number of hydrogen-bond acceptors (Lipinski definition) is 1. The Morgan fingerprint density at radius 1 is 1.13 bits per heavy atom. The Kier molecular flexibility index (Phi) is 6.16. The molecule has 0 saturated heterocycles. The molecule has 1 atom stereocenters. The highest BCUT2D eigenvalue weighted by Crippen LogP contribution is 2.26. The van der Waals surface area contributed by atoms with Gasteiger partial charge in [-0.3, -0.25) is 4.79 Å². The molecule has 0 aliphatic carbocycles. The van der Waals surface area contributed by atoms with Gasteiger partial charge in [0, 0.05) is 12.8 Å². The Labute approximate surface area is 95.6 Å². The zero-order valence-corrected chi connectivity index (χ0v) is 11.4. The quantitative estimate of drug-likeness (QED) is 0.635. The van der Waals surface area contributed by atoms with Gasteiger partial charge in [-0.2, -0.15) is 0 Å². The summed E-state index contributed by atoms with van der Waals surface area (Å²) in [5.74, 6) is 1.62. The second kappa shape index (κ2) is 6.30. The minimum atomic E-state index is 0.345. The largest absolute Gasteiger partial charge is 0.300 e. The second-order valence-electron chi connectivity index (χ2n) is 6.55. The van der Waals surface area contributed by atoms with Gasteiger partial charge in [0.25, 0.3) is 0 Å². The lowest BCUT2D eigenvalue weighted by molar-refractivity contribution is -0.120. The Hall–Kier alpha value is -0.330. The van der Waals surface area contributed by atoms with E-state index in [4.69, 9.17) is 0 Å². The molecular weight excluding hydrogens is 184 g/mol. The van der Waals surface area contributed by atoms with Crippen LogP contribution in [0.5, 0.6) is 0 Å². The molecule has 0 N–H and O–H groups in total. The van der Waals surface area contributed by atoms with Crippen molar-refractivity contribution in [3.05, 3.63) is 0 Å². The van der Waals surface area contributed by atoms with Crippen molar-refractivity contribution in [1.82, 2.24) is 0 Å². The average molecular weight is 212 g/mol. The minimum Gasteiger partial charge on any atom is -0.300 e. The van der Waals surface area contributed by atoms with E-state index >= 15 is 0 Å². The normalized spacial score (nSPS) is 14.3. The number of carbonyl (C=O) groups excluding carboxylic acids is 1. The Morgan fingerprint density at radius 3 is 2.07 bits per heavy atom. The lowest BCUT2D eigenvalue weighted by Crippen LogP contribution is -2.14. The van der Waals surface area contributed by atoms with Crippen LogP contribution >= 0.6 is 0 Å². The van der Waals surface area contributed by atoms with Crippen LogP contribution in [0.25, 0.3) is 0 Å². The molecule has 0 aromatic carbocycles. The fraction of sp³-hybridized carbons (Fsp3) is 0.929. The summed E-state index contributed by atoms with van der Waals surface area (Å²) >= 11 is 0. The van der Waals surface area contributed by atoms with E-state index in [0.29, 0.717) is 23.0 Å². The summed E-state index contributed by atoms with van der Waals surface area (Å²) in [6.07, 6.45) is 3.72. The third-order valence-electron chi connectivity index (χ3n) is 2.54. The summed E-state index contributed by atoms with van der Waals surface area (Å²) in [6, 6.07) is 0. The molecule has 0 amide bonds. The molecule has 90 valence electrons. The highest BCUT2D eigenvalue weighted by molar-refractivity contribution is 5.78. The molecule has 0 aliphatic heterocycles. The molecule has 0 radical (unpaired) electrons. The number of hydrogen-bond donors (Lipinski definition) is 0. The van der Waals surface area contributed by atoms with Gasteiger partial charge in [0.1, 0.15) is 5.78 Å². The van der Waals surface area contributed by atoms with Crippen molar-refractivity contribution in [1.29, 1.82) is 0 Å². The number of rotatable bonds is 6. The number of Topliss-reactive ketones (excluding diaryl/α,β-unsaturated/α-hetero) is 1. The molecule has 0 aromatic heterocycles. The van der Waals surface area contributed by atoms with Crippen molar-refractivity contribution in [2.24, 2.45) is 17.3 Å². The maximum absolute atomic E-state index is 11.6. The molecule has 0 spiro atoms. The van der Waals surface area contributed by atoms with E-state index in [2.05, 4.69) is 41.5 Å². The molecule has 0 rings (SSSR count). The zero-order chi connectivity index (χ0) is 12.1. The first-order valence-corrected chi connectivity index (χ1v) is 6.22. The second-order valence-corrected chi connectivity index (χ2v) is 6.55. The van der Waals surface area contributed by atoms with Crippen molar-refractivity contribution < 1.29 is 4.79 Å². The molecule has 15 heavy (non-hydrogen) atoms. The molecule has 0 aromatic rings. The highest BCUT2D eigenvalue weighted by Gasteiger charge is 2.17. The van der Waals surface area contributed by atoms with Gasteiger partial charge in [-0.1, -0.05) is 41.5 Å². The van der Waals surface area contributed by atoms with E-state index in [1.807, 2.05) is 0 Å². The monoisotopic (exact) mass is 212 g/mol. The lowest BCUT2D eigenvalue weighted by atomic mass is 9.83. The van der Waals surface area contributed by atoms with Crippen molar-refractivity contribution in [2.75, 3.05) is 0 Å². The first kappa shape index (κ1) is 14.7. The van der Waals surface area contributed by atoms with Crippen LogP contribution in [0.2, 0.25) is 0 Å². The molecule has 1 unspecified atom stereocenters. The van der Waals surface area contributed by atoms with Crippen molar-refractivity contribution >= 4 is 5.78 Å². The summed E-state index contributed by atoms with van der Waals surface area (Å²) < 4.78 is 0. The fourth-order valence-corrected chi connectivity index (χ4v) is 2.06. The van der Waals surface area contributed by atoms with Crippen molar-refractivity contribution in [3.63, 3.8) is 0 Å². The minimum absolute atomic E-state index is 0.345. The zero-order valence-electron chi connectivity index (χ0n) is 11.4. The van der Waals surface area contributed by atoms with Crippen LogP contribution in [0.15, 0.2) is 0 Å². The Balaban J connectivity index is 3.77. The summed E-state index contributed by atoms with van der Waals surface area (Å²) in [5, 5.41) is 0. The molecule has 0 bridgehead atoms. The third-order valence-corrected chi connectivity index (χ3v) is 2.54. The Morgan fingerprint density at radius 2 is 1.67 bits per heavy atom. The first-order valence-electron chi connectivity index (χ1n) is 6.22. The first-order chi connectivity index (χ1) is 6.70. The van der Waals surface area contributed by atoms with E-state index in [9.17, 15) is 4.79 Å². The van der Waals surface area contributed by atoms with Crippen LogP contribution in [-0.4, -0.2) is 5.78 Å². The van der Waals surface area contributed by atoms with E-state index in [1.54, 1.807) is 0 Å². The van der Waals surface area contributed by atoms with E-state index < -0.39 is 0 Å². The Bertz CT molecular complexity index is 186. The van der Waals surface area contributed by atoms with Gasteiger partial charge in [0.05, 0.1) is 0 Å². The van der Waals surface area contributed by atoms with E-state index in [0.717, 1.165) is 25.7 Å². The molecular formula is C14H28O. The lowest BCUT2D eigenvalue weighted by Gasteiger charge is -2.22. The molecule has 0 aliphatic rings. The SMILES string of the molecule is CC(C)CCC(=O)CC(C)CC(C)(C)C. The third kappa shape index (κ3) is 9.96. The molecule has 1 nitrogen and oxygen atoms in total. The van der Waals surface area contributed by atoms with Gasteiger partial charge >= 0.3 is 0 Å². The van der Waals surface area contributed by atoms with Gasteiger partial charge in [0.2, 0.25) is 0 Å². The summed E-state index contributed by atoms with van der Waals surface area (Å²) in [7, 11) is 0. The summed E-state index contributed by atoms with van der Waals surface area (Å²) in [4.78, 5) is 11.6. The standard InChI is InChI=1S/C14H28O/c1-11(2)7-8-13(15)9-12(3)10-14(4,5)6/h11-12H,7-10H2,1-6H3. The summed E-state index contributed by atoms with van der Waals surface area (Å²) in [5.41, 5.74) is 0.345. The fourth-order valence-electron chi connectivity index (χ4n) is 2.06. The summed E-state index contributed by atoms with van der Waals surface area (Å²) in [6.45, 7) is 13.3. The molecule has 0 fully saturated rings. The van der Waals surface area contributed by atoms with Crippen molar-refractivity contribution in [2.45, 2.75) is 67.2 Å². The van der Waals surface area contributed by atoms with E-state index in [-0.39, 0.29) is 0 Å². The predicted molar refractivity (Wildman–Crippen MR) is 66.9 cm³/mol. The number of ketones is 1. The van der Waals surface area contributed by atoms with Gasteiger partial charge in [-0.25, -0.2) is 0 Å². The molecule has 0 saturated carbocycles.